The van der Waals surface area contributed by atoms with Gasteiger partial charge in [-0.2, -0.15) is 0 Å². The third-order valence-electron chi connectivity index (χ3n) is 3.59. The molecule has 0 radical (unpaired) electrons. The van der Waals surface area contributed by atoms with Crippen molar-refractivity contribution in [3.8, 4) is 28.2 Å². The molecule has 0 saturated carbocycles. The van der Waals surface area contributed by atoms with Gasteiger partial charge < -0.3 is 5.73 Å². The van der Waals surface area contributed by atoms with Crippen LogP contribution in [0.1, 0.15) is 0 Å². The molecule has 0 aliphatic heterocycles. The van der Waals surface area contributed by atoms with E-state index in [9.17, 15) is 0 Å². The fourth-order valence-corrected chi connectivity index (χ4v) is 2.44. The Kier molecular flexibility index (Phi) is 3.43. The summed E-state index contributed by atoms with van der Waals surface area (Å²) in [5, 5.41) is 11.1. The van der Waals surface area contributed by atoms with E-state index < -0.39 is 0 Å². The average Bonchev–Trinajstić information content (AvgIpc) is 3.17. The molecule has 7 nitrogen and oxygen atoms in total. The number of anilines is 1. The van der Waals surface area contributed by atoms with Crippen LogP contribution in [0.15, 0.2) is 67.0 Å². The Labute approximate surface area is 137 Å². The minimum absolute atomic E-state index is 0.246. The van der Waals surface area contributed by atoms with Crippen LogP contribution in [0.2, 0.25) is 0 Å². The number of rotatable bonds is 3. The van der Waals surface area contributed by atoms with Crippen LogP contribution in [0.4, 0.5) is 5.95 Å². The van der Waals surface area contributed by atoms with Crippen molar-refractivity contribution in [2.75, 3.05) is 5.73 Å². The Hall–Kier alpha value is -3.61. The standard InChI is InChI=1S/C17H13N7/c18-17-20-15(12-4-2-1-3-5-12)10-16(21-17)13-6-8-14(9-7-13)24-11-19-22-23-24/h1-11H,(H2,18,20,21). The van der Waals surface area contributed by atoms with E-state index in [0.717, 1.165) is 28.2 Å². The first-order chi connectivity index (χ1) is 11.8. The van der Waals surface area contributed by atoms with E-state index in [-0.39, 0.29) is 5.95 Å². The zero-order valence-electron chi connectivity index (χ0n) is 12.6. The molecule has 0 atom stereocenters. The van der Waals surface area contributed by atoms with Crippen LogP contribution >= 0.6 is 0 Å². The molecule has 4 aromatic rings. The van der Waals surface area contributed by atoms with E-state index in [2.05, 4.69) is 25.5 Å². The number of aromatic nitrogens is 6. The molecule has 2 aromatic heterocycles. The first-order valence-corrected chi connectivity index (χ1v) is 7.33. The smallest absolute Gasteiger partial charge is 0.221 e. The molecule has 116 valence electrons. The second kappa shape index (κ2) is 5.88. The van der Waals surface area contributed by atoms with E-state index >= 15 is 0 Å². The van der Waals surface area contributed by atoms with Crippen molar-refractivity contribution in [1.82, 2.24) is 30.2 Å². The lowest BCUT2D eigenvalue weighted by Crippen LogP contribution is -1.99. The number of hydrogen-bond acceptors (Lipinski definition) is 6. The maximum Gasteiger partial charge on any atom is 0.221 e. The quantitative estimate of drug-likeness (QED) is 0.623. The lowest BCUT2D eigenvalue weighted by molar-refractivity contribution is 0.789. The summed E-state index contributed by atoms with van der Waals surface area (Å²) in [5.74, 6) is 0.246. The predicted octanol–water partition coefficient (Wildman–Crippen LogP) is 2.37. The predicted molar refractivity (Wildman–Crippen MR) is 90.0 cm³/mol. The van der Waals surface area contributed by atoms with E-state index in [0.29, 0.717) is 0 Å². The summed E-state index contributed by atoms with van der Waals surface area (Å²) in [7, 11) is 0. The molecule has 0 bridgehead atoms. The molecule has 0 amide bonds. The average molecular weight is 315 g/mol. The molecule has 2 heterocycles. The van der Waals surface area contributed by atoms with Crippen molar-refractivity contribution in [2.24, 2.45) is 0 Å². The van der Waals surface area contributed by atoms with Crippen molar-refractivity contribution >= 4 is 5.95 Å². The summed E-state index contributed by atoms with van der Waals surface area (Å²) >= 11 is 0. The van der Waals surface area contributed by atoms with Crippen molar-refractivity contribution in [1.29, 1.82) is 0 Å². The number of nitrogens with two attached hydrogens (primary N) is 1. The number of benzene rings is 2. The summed E-state index contributed by atoms with van der Waals surface area (Å²) in [6.45, 7) is 0. The van der Waals surface area contributed by atoms with Gasteiger partial charge in [0.05, 0.1) is 17.1 Å². The molecule has 2 N–H and O–H groups in total. The van der Waals surface area contributed by atoms with Crippen LogP contribution < -0.4 is 5.73 Å². The zero-order valence-corrected chi connectivity index (χ0v) is 12.6. The molecule has 7 heteroatoms. The van der Waals surface area contributed by atoms with Crippen LogP contribution in [0.5, 0.6) is 0 Å². The van der Waals surface area contributed by atoms with Crippen LogP contribution in [0.25, 0.3) is 28.2 Å². The zero-order chi connectivity index (χ0) is 16.4. The van der Waals surface area contributed by atoms with Gasteiger partial charge in [0.2, 0.25) is 5.95 Å². The molecule has 0 aliphatic rings. The molecule has 2 aromatic carbocycles. The first kappa shape index (κ1) is 14.0. The second-order valence-electron chi connectivity index (χ2n) is 5.16. The van der Waals surface area contributed by atoms with E-state index in [1.54, 1.807) is 11.0 Å². The Morgan fingerprint density at radius 3 is 2.08 bits per heavy atom. The molecular weight excluding hydrogens is 302 g/mol. The highest BCUT2D eigenvalue weighted by molar-refractivity contribution is 5.69. The summed E-state index contributed by atoms with van der Waals surface area (Å²) in [6.07, 6.45) is 1.55. The van der Waals surface area contributed by atoms with Gasteiger partial charge in [-0.15, -0.1) is 5.10 Å². The lowest BCUT2D eigenvalue weighted by Gasteiger charge is -2.07. The Morgan fingerprint density at radius 2 is 1.46 bits per heavy atom. The summed E-state index contributed by atoms with van der Waals surface area (Å²) in [6, 6.07) is 19.6. The normalized spacial score (nSPS) is 10.7. The maximum atomic E-state index is 5.89. The van der Waals surface area contributed by atoms with Gasteiger partial charge in [-0.25, -0.2) is 14.6 Å². The molecule has 24 heavy (non-hydrogen) atoms. The summed E-state index contributed by atoms with van der Waals surface area (Å²) in [4.78, 5) is 8.67. The van der Waals surface area contributed by atoms with Crippen molar-refractivity contribution in [3.05, 3.63) is 67.0 Å². The maximum absolute atomic E-state index is 5.89. The molecule has 0 spiro atoms. The van der Waals surface area contributed by atoms with Crippen LogP contribution in [-0.2, 0) is 0 Å². The van der Waals surface area contributed by atoms with Gasteiger partial charge in [-0.3, -0.25) is 0 Å². The van der Waals surface area contributed by atoms with Gasteiger partial charge in [0.15, 0.2) is 0 Å². The van der Waals surface area contributed by atoms with Crippen molar-refractivity contribution in [3.63, 3.8) is 0 Å². The highest BCUT2D eigenvalue weighted by Crippen LogP contribution is 2.25. The Bertz CT molecular complexity index is 948. The Balaban J connectivity index is 1.73. The van der Waals surface area contributed by atoms with Gasteiger partial charge in [0, 0.05) is 11.1 Å². The largest absolute Gasteiger partial charge is 0.368 e. The molecule has 0 saturated heterocycles. The van der Waals surface area contributed by atoms with Crippen LogP contribution in [-0.4, -0.2) is 30.2 Å². The molecule has 0 aliphatic carbocycles. The minimum atomic E-state index is 0.246. The molecule has 4 rings (SSSR count). The fourth-order valence-electron chi connectivity index (χ4n) is 2.44. The fraction of sp³-hybridized carbons (Fsp3) is 0. The summed E-state index contributed by atoms with van der Waals surface area (Å²) < 4.78 is 1.59. The summed E-state index contributed by atoms with van der Waals surface area (Å²) in [5.41, 5.74) is 10.3. The molecule has 0 unspecified atom stereocenters. The van der Waals surface area contributed by atoms with E-state index in [4.69, 9.17) is 5.73 Å². The van der Waals surface area contributed by atoms with Crippen molar-refractivity contribution in [2.45, 2.75) is 0 Å². The third kappa shape index (κ3) is 2.70. The minimum Gasteiger partial charge on any atom is -0.368 e. The third-order valence-corrected chi connectivity index (χ3v) is 3.59. The molecular formula is C17H13N7. The first-order valence-electron chi connectivity index (χ1n) is 7.33. The molecule has 0 fully saturated rings. The van der Waals surface area contributed by atoms with Crippen LogP contribution in [0.3, 0.4) is 0 Å². The SMILES string of the molecule is Nc1nc(-c2ccccc2)cc(-c2ccc(-n3cnnn3)cc2)n1. The van der Waals surface area contributed by atoms with Gasteiger partial charge in [-0.05, 0) is 28.6 Å². The topological polar surface area (TPSA) is 95.4 Å². The Morgan fingerprint density at radius 1 is 0.792 bits per heavy atom. The van der Waals surface area contributed by atoms with Gasteiger partial charge >= 0.3 is 0 Å². The van der Waals surface area contributed by atoms with E-state index in [1.807, 2.05) is 60.7 Å². The number of nitrogens with zero attached hydrogens (tertiary/aromatic N) is 6. The van der Waals surface area contributed by atoms with Gasteiger partial charge in [0.25, 0.3) is 0 Å². The number of nitrogen functional groups attached to an aromatic ring is 1. The van der Waals surface area contributed by atoms with Crippen LogP contribution in [0, 0.1) is 0 Å². The highest BCUT2D eigenvalue weighted by atomic mass is 15.5. The number of tetrazole rings is 1. The monoisotopic (exact) mass is 315 g/mol. The van der Waals surface area contributed by atoms with Gasteiger partial charge in [0.1, 0.15) is 6.33 Å². The van der Waals surface area contributed by atoms with Gasteiger partial charge in [-0.1, -0.05) is 42.5 Å². The lowest BCUT2D eigenvalue weighted by atomic mass is 10.1. The number of hydrogen-bond donors (Lipinski definition) is 1. The van der Waals surface area contributed by atoms with Crippen molar-refractivity contribution < 1.29 is 0 Å². The highest BCUT2D eigenvalue weighted by Gasteiger charge is 2.07. The second-order valence-corrected chi connectivity index (χ2v) is 5.16. The van der Waals surface area contributed by atoms with E-state index in [1.165, 1.54) is 0 Å².